The van der Waals surface area contributed by atoms with Crippen LogP contribution in [-0.2, 0) is 4.74 Å². The van der Waals surface area contributed by atoms with Gasteiger partial charge in [-0.1, -0.05) is 6.92 Å². The number of ether oxygens (including phenoxy) is 1. The van der Waals surface area contributed by atoms with Crippen molar-refractivity contribution in [2.75, 3.05) is 39.3 Å². The summed E-state index contributed by atoms with van der Waals surface area (Å²) < 4.78 is 5.62. The predicted molar refractivity (Wildman–Crippen MR) is 48.2 cm³/mol. The van der Waals surface area contributed by atoms with E-state index in [9.17, 15) is 0 Å². The molecule has 2 rings (SSSR count). The molecule has 1 atom stereocenters. The zero-order valence-corrected chi connectivity index (χ0v) is 7.75. The molecule has 1 N–H and O–H groups in total. The fourth-order valence-electron chi connectivity index (χ4n) is 2.00. The highest BCUT2D eigenvalue weighted by Crippen LogP contribution is 2.15. The number of hydrogen-bond acceptors (Lipinski definition) is 3. The predicted octanol–water partition coefficient (Wildman–Crippen LogP) is -0.0735. The zero-order chi connectivity index (χ0) is 8.39. The first-order valence-electron chi connectivity index (χ1n) is 4.89. The van der Waals surface area contributed by atoms with E-state index >= 15 is 0 Å². The third kappa shape index (κ3) is 1.97. The SMILES string of the molecule is CC1CN(CC2CNCCO2)C1. The molecule has 3 nitrogen and oxygen atoms in total. The Morgan fingerprint density at radius 2 is 2.33 bits per heavy atom. The van der Waals surface area contributed by atoms with Gasteiger partial charge < -0.3 is 15.0 Å². The molecule has 2 saturated heterocycles. The lowest BCUT2D eigenvalue weighted by molar-refractivity contribution is -0.0180. The third-order valence-corrected chi connectivity index (χ3v) is 2.61. The van der Waals surface area contributed by atoms with E-state index in [1.54, 1.807) is 0 Å². The topological polar surface area (TPSA) is 24.5 Å². The van der Waals surface area contributed by atoms with Crippen LogP contribution in [0.2, 0.25) is 0 Å². The fourth-order valence-corrected chi connectivity index (χ4v) is 2.00. The maximum atomic E-state index is 5.62. The number of nitrogens with zero attached hydrogens (tertiary/aromatic N) is 1. The molecular weight excluding hydrogens is 152 g/mol. The normalized spacial score (nSPS) is 33.2. The Hall–Kier alpha value is -0.120. The average molecular weight is 170 g/mol. The molecule has 2 heterocycles. The summed E-state index contributed by atoms with van der Waals surface area (Å²) in [6.45, 7) is 8.89. The van der Waals surface area contributed by atoms with E-state index in [4.69, 9.17) is 4.74 Å². The Kier molecular flexibility index (Phi) is 2.63. The Balaban J connectivity index is 1.65. The van der Waals surface area contributed by atoms with Crippen LogP contribution in [-0.4, -0.2) is 50.3 Å². The van der Waals surface area contributed by atoms with Gasteiger partial charge in [0, 0.05) is 32.7 Å². The first kappa shape index (κ1) is 8.48. The van der Waals surface area contributed by atoms with Crippen LogP contribution in [0.3, 0.4) is 0 Å². The summed E-state index contributed by atoms with van der Waals surface area (Å²) in [5.41, 5.74) is 0. The Labute approximate surface area is 74.1 Å². The lowest BCUT2D eigenvalue weighted by atomic mass is 10.0. The Morgan fingerprint density at radius 1 is 1.50 bits per heavy atom. The Morgan fingerprint density at radius 3 is 2.92 bits per heavy atom. The molecule has 2 aliphatic rings. The third-order valence-electron chi connectivity index (χ3n) is 2.61. The largest absolute Gasteiger partial charge is 0.374 e. The molecule has 0 aromatic heterocycles. The molecule has 0 saturated carbocycles. The molecule has 0 amide bonds. The highest BCUT2D eigenvalue weighted by Gasteiger charge is 2.25. The molecule has 0 aromatic carbocycles. The zero-order valence-electron chi connectivity index (χ0n) is 7.75. The monoisotopic (exact) mass is 170 g/mol. The van der Waals surface area contributed by atoms with Gasteiger partial charge in [-0.3, -0.25) is 0 Å². The van der Waals surface area contributed by atoms with Gasteiger partial charge >= 0.3 is 0 Å². The van der Waals surface area contributed by atoms with Crippen molar-refractivity contribution in [1.82, 2.24) is 10.2 Å². The van der Waals surface area contributed by atoms with Crippen LogP contribution in [0.5, 0.6) is 0 Å². The van der Waals surface area contributed by atoms with E-state index in [1.165, 1.54) is 13.1 Å². The summed E-state index contributed by atoms with van der Waals surface area (Å²) >= 11 is 0. The van der Waals surface area contributed by atoms with Crippen LogP contribution in [0.4, 0.5) is 0 Å². The van der Waals surface area contributed by atoms with Crippen LogP contribution in [0.1, 0.15) is 6.92 Å². The maximum absolute atomic E-state index is 5.62. The second kappa shape index (κ2) is 3.73. The summed E-state index contributed by atoms with van der Waals surface area (Å²) in [7, 11) is 0. The maximum Gasteiger partial charge on any atom is 0.0826 e. The number of likely N-dealkylation sites (tertiary alicyclic amines) is 1. The van der Waals surface area contributed by atoms with Gasteiger partial charge in [0.1, 0.15) is 0 Å². The van der Waals surface area contributed by atoms with Gasteiger partial charge in [-0.25, -0.2) is 0 Å². The van der Waals surface area contributed by atoms with E-state index in [1.807, 2.05) is 0 Å². The molecule has 2 fully saturated rings. The first-order chi connectivity index (χ1) is 5.84. The number of hydrogen-bond donors (Lipinski definition) is 1. The molecule has 70 valence electrons. The van der Waals surface area contributed by atoms with Crippen molar-refractivity contribution in [2.24, 2.45) is 5.92 Å². The van der Waals surface area contributed by atoms with Gasteiger partial charge in [0.05, 0.1) is 12.7 Å². The quantitative estimate of drug-likeness (QED) is 0.627. The van der Waals surface area contributed by atoms with Crippen LogP contribution in [0.25, 0.3) is 0 Å². The van der Waals surface area contributed by atoms with E-state index in [2.05, 4.69) is 17.1 Å². The van der Waals surface area contributed by atoms with Crippen molar-refractivity contribution in [1.29, 1.82) is 0 Å². The lowest BCUT2D eigenvalue weighted by Crippen LogP contribution is -2.52. The van der Waals surface area contributed by atoms with E-state index in [-0.39, 0.29) is 0 Å². The van der Waals surface area contributed by atoms with Crippen molar-refractivity contribution < 1.29 is 4.74 Å². The molecule has 3 heteroatoms. The molecular formula is C9H18N2O. The highest BCUT2D eigenvalue weighted by atomic mass is 16.5. The van der Waals surface area contributed by atoms with Crippen LogP contribution >= 0.6 is 0 Å². The number of morpholine rings is 1. The van der Waals surface area contributed by atoms with Gasteiger partial charge in [-0.2, -0.15) is 0 Å². The molecule has 0 aromatic rings. The minimum atomic E-state index is 0.436. The minimum absolute atomic E-state index is 0.436. The molecule has 2 aliphatic heterocycles. The molecule has 0 spiro atoms. The number of nitrogens with one attached hydrogen (secondary N) is 1. The van der Waals surface area contributed by atoms with Crippen molar-refractivity contribution in [2.45, 2.75) is 13.0 Å². The molecule has 0 radical (unpaired) electrons. The second-order valence-electron chi connectivity index (χ2n) is 4.02. The van der Waals surface area contributed by atoms with Crippen molar-refractivity contribution in [3.8, 4) is 0 Å². The summed E-state index contributed by atoms with van der Waals surface area (Å²) in [5, 5.41) is 3.35. The summed E-state index contributed by atoms with van der Waals surface area (Å²) in [6.07, 6.45) is 0.436. The summed E-state index contributed by atoms with van der Waals surface area (Å²) in [4.78, 5) is 2.47. The van der Waals surface area contributed by atoms with Crippen molar-refractivity contribution >= 4 is 0 Å². The van der Waals surface area contributed by atoms with Gasteiger partial charge in [0.25, 0.3) is 0 Å². The average Bonchev–Trinajstić information content (AvgIpc) is 2.04. The summed E-state index contributed by atoms with van der Waals surface area (Å²) in [5.74, 6) is 0.904. The Bertz CT molecular complexity index is 139. The molecule has 12 heavy (non-hydrogen) atoms. The van der Waals surface area contributed by atoms with Crippen molar-refractivity contribution in [3.63, 3.8) is 0 Å². The van der Waals surface area contributed by atoms with E-state index < -0.39 is 0 Å². The van der Waals surface area contributed by atoms with Gasteiger partial charge in [0.15, 0.2) is 0 Å². The van der Waals surface area contributed by atoms with E-state index in [0.717, 1.165) is 32.2 Å². The molecule has 1 unspecified atom stereocenters. The minimum Gasteiger partial charge on any atom is -0.374 e. The van der Waals surface area contributed by atoms with Gasteiger partial charge in [-0.05, 0) is 5.92 Å². The first-order valence-corrected chi connectivity index (χ1v) is 4.89. The smallest absolute Gasteiger partial charge is 0.0826 e. The molecule has 0 aliphatic carbocycles. The van der Waals surface area contributed by atoms with Crippen LogP contribution in [0, 0.1) is 5.92 Å². The van der Waals surface area contributed by atoms with Gasteiger partial charge in [0.2, 0.25) is 0 Å². The van der Waals surface area contributed by atoms with E-state index in [0.29, 0.717) is 6.10 Å². The van der Waals surface area contributed by atoms with Crippen LogP contribution < -0.4 is 5.32 Å². The van der Waals surface area contributed by atoms with Crippen LogP contribution in [0.15, 0.2) is 0 Å². The highest BCUT2D eigenvalue weighted by molar-refractivity contribution is 4.80. The fraction of sp³-hybridized carbons (Fsp3) is 1.00. The van der Waals surface area contributed by atoms with Crippen molar-refractivity contribution in [3.05, 3.63) is 0 Å². The lowest BCUT2D eigenvalue weighted by Gasteiger charge is -2.40. The number of rotatable bonds is 2. The standard InChI is InChI=1S/C9H18N2O/c1-8-5-11(6-8)7-9-4-10-2-3-12-9/h8-10H,2-7H2,1H3. The molecule has 0 bridgehead atoms. The second-order valence-corrected chi connectivity index (χ2v) is 4.02. The van der Waals surface area contributed by atoms with Gasteiger partial charge in [-0.15, -0.1) is 0 Å². The summed E-state index contributed by atoms with van der Waals surface area (Å²) in [6, 6.07) is 0.